The summed E-state index contributed by atoms with van der Waals surface area (Å²) in [5.74, 6) is 0.271. The van der Waals surface area contributed by atoms with Gasteiger partial charge in [-0.15, -0.1) is 0 Å². The lowest BCUT2D eigenvalue weighted by Crippen LogP contribution is -1.96. The van der Waals surface area contributed by atoms with Gasteiger partial charge in [0.1, 0.15) is 5.82 Å². The fourth-order valence-corrected chi connectivity index (χ4v) is 0.354. The van der Waals surface area contributed by atoms with Crippen molar-refractivity contribution in [3.05, 3.63) is 12.2 Å². The largest absolute Gasteiger partial charge is 0.384 e. The first-order valence-electron chi connectivity index (χ1n) is 2.55. The van der Waals surface area contributed by atoms with Gasteiger partial charge in [-0.05, 0) is 6.07 Å². The summed E-state index contributed by atoms with van der Waals surface area (Å²) in [4.78, 5) is 7.05. The molecule has 4 nitrogen and oxygen atoms in total. The minimum absolute atomic E-state index is 0.0417. The second-order valence-electron chi connectivity index (χ2n) is 1.28. The van der Waals surface area contributed by atoms with Crippen LogP contribution in [-0.2, 0) is 0 Å². The standard InChI is InChI=1S/C4H6N4/c5-3-1-2-7-4(6)8-3/h1-2H,(H4,5,6,7,8)/i2D. The van der Waals surface area contributed by atoms with Gasteiger partial charge in [0.05, 0.1) is 1.37 Å². The van der Waals surface area contributed by atoms with E-state index >= 15 is 0 Å². The van der Waals surface area contributed by atoms with Gasteiger partial charge in [0, 0.05) is 6.17 Å². The van der Waals surface area contributed by atoms with Crippen LogP contribution in [0.5, 0.6) is 0 Å². The minimum atomic E-state index is 0.0417. The van der Waals surface area contributed by atoms with Crippen LogP contribution in [0, 0.1) is 0 Å². The molecule has 0 bridgehead atoms. The number of anilines is 2. The molecule has 1 aromatic heterocycles. The molecule has 0 aliphatic rings. The Morgan fingerprint density at radius 3 is 2.88 bits per heavy atom. The zero-order chi connectivity index (χ0) is 6.85. The smallest absolute Gasteiger partial charge is 0.221 e. The van der Waals surface area contributed by atoms with E-state index < -0.39 is 0 Å². The first-order valence-corrected chi connectivity index (χ1v) is 2.05. The summed E-state index contributed by atoms with van der Waals surface area (Å²) in [5.41, 5.74) is 10.3. The van der Waals surface area contributed by atoms with Crippen LogP contribution < -0.4 is 11.5 Å². The second kappa shape index (κ2) is 1.65. The monoisotopic (exact) mass is 111 g/mol. The van der Waals surface area contributed by atoms with Crippen molar-refractivity contribution in [1.29, 1.82) is 0 Å². The third-order valence-corrected chi connectivity index (χ3v) is 0.635. The van der Waals surface area contributed by atoms with E-state index in [1.807, 2.05) is 0 Å². The highest BCUT2D eigenvalue weighted by molar-refractivity contribution is 5.31. The predicted molar refractivity (Wildman–Crippen MR) is 30.9 cm³/mol. The zero-order valence-corrected chi connectivity index (χ0v) is 4.13. The van der Waals surface area contributed by atoms with E-state index in [1.165, 1.54) is 6.07 Å². The van der Waals surface area contributed by atoms with Crippen molar-refractivity contribution in [2.75, 3.05) is 11.5 Å². The van der Waals surface area contributed by atoms with Crippen LogP contribution in [-0.4, -0.2) is 9.97 Å². The van der Waals surface area contributed by atoms with Gasteiger partial charge in [-0.1, -0.05) is 0 Å². The van der Waals surface area contributed by atoms with Crippen LogP contribution >= 0.6 is 0 Å². The molecule has 0 saturated carbocycles. The van der Waals surface area contributed by atoms with Crippen molar-refractivity contribution in [3.8, 4) is 0 Å². The number of aromatic nitrogens is 2. The van der Waals surface area contributed by atoms with E-state index in [1.54, 1.807) is 0 Å². The summed E-state index contributed by atoms with van der Waals surface area (Å²) < 4.78 is 6.97. The lowest BCUT2D eigenvalue weighted by Gasteiger charge is -1.89. The van der Waals surface area contributed by atoms with Crippen molar-refractivity contribution in [1.82, 2.24) is 9.97 Å². The molecule has 0 unspecified atom stereocenters. The normalized spacial score (nSPS) is 10.8. The summed E-state index contributed by atoms with van der Waals surface area (Å²) >= 11 is 0. The second-order valence-corrected chi connectivity index (χ2v) is 1.28. The van der Waals surface area contributed by atoms with Crippen molar-refractivity contribution >= 4 is 11.8 Å². The summed E-state index contributed by atoms with van der Waals surface area (Å²) in [6, 6.07) is 1.33. The van der Waals surface area contributed by atoms with E-state index in [-0.39, 0.29) is 17.9 Å². The van der Waals surface area contributed by atoms with Crippen LogP contribution in [0.3, 0.4) is 0 Å². The van der Waals surface area contributed by atoms with Crippen molar-refractivity contribution in [3.63, 3.8) is 0 Å². The third kappa shape index (κ3) is 0.841. The fraction of sp³-hybridized carbons (Fsp3) is 0. The molecular formula is C4H6N4. The molecule has 42 valence electrons. The molecule has 0 amide bonds. The number of nitrogens with zero attached hydrogens (tertiary/aromatic N) is 2. The summed E-state index contributed by atoms with van der Waals surface area (Å²) in [6.07, 6.45) is 0.0417. The van der Waals surface area contributed by atoms with E-state index in [0.29, 0.717) is 0 Å². The van der Waals surface area contributed by atoms with Crippen molar-refractivity contribution < 1.29 is 1.37 Å². The van der Waals surface area contributed by atoms with E-state index in [9.17, 15) is 0 Å². The molecule has 8 heavy (non-hydrogen) atoms. The summed E-state index contributed by atoms with van der Waals surface area (Å²) in [5, 5.41) is 0. The molecule has 4 N–H and O–H groups in total. The molecule has 4 heteroatoms. The quantitative estimate of drug-likeness (QED) is 0.479. The Morgan fingerprint density at radius 2 is 2.38 bits per heavy atom. The lowest BCUT2D eigenvalue weighted by atomic mass is 10.6. The van der Waals surface area contributed by atoms with Crippen LogP contribution in [0.15, 0.2) is 12.2 Å². The average molecular weight is 111 g/mol. The first kappa shape index (κ1) is 3.65. The third-order valence-electron chi connectivity index (χ3n) is 0.635. The van der Waals surface area contributed by atoms with Crippen LogP contribution in [0.2, 0.25) is 0 Å². The van der Waals surface area contributed by atoms with Gasteiger partial charge < -0.3 is 11.5 Å². The van der Waals surface area contributed by atoms with E-state index in [4.69, 9.17) is 12.8 Å². The first-order chi connectivity index (χ1) is 4.18. The van der Waals surface area contributed by atoms with Gasteiger partial charge in [-0.2, -0.15) is 4.98 Å². The van der Waals surface area contributed by atoms with Gasteiger partial charge >= 0.3 is 0 Å². The van der Waals surface area contributed by atoms with Crippen LogP contribution in [0.25, 0.3) is 0 Å². The number of hydrogen-bond donors (Lipinski definition) is 2. The van der Waals surface area contributed by atoms with Gasteiger partial charge in [0.15, 0.2) is 0 Å². The topological polar surface area (TPSA) is 77.8 Å². The molecule has 0 aliphatic carbocycles. The maximum atomic E-state index is 6.97. The zero-order valence-electron chi connectivity index (χ0n) is 5.13. The molecule has 0 aliphatic heterocycles. The fourth-order valence-electron chi connectivity index (χ4n) is 0.354. The SMILES string of the molecule is [2H]c1cc(N)nc(N)n1. The number of nitrogens with two attached hydrogens (primary N) is 2. The molecule has 0 spiro atoms. The molecule has 0 saturated heterocycles. The van der Waals surface area contributed by atoms with Crippen molar-refractivity contribution in [2.45, 2.75) is 0 Å². The molecule has 0 aromatic carbocycles. The van der Waals surface area contributed by atoms with Crippen LogP contribution in [0.4, 0.5) is 11.8 Å². The van der Waals surface area contributed by atoms with Crippen LogP contribution in [0.1, 0.15) is 1.37 Å². The van der Waals surface area contributed by atoms with Crippen molar-refractivity contribution in [2.24, 2.45) is 0 Å². The maximum Gasteiger partial charge on any atom is 0.221 e. The highest BCUT2D eigenvalue weighted by atomic mass is 15.0. The molecule has 1 aromatic rings. The lowest BCUT2D eigenvalue weighted by molar-refractivity contribution is 1.19. The Hall–Kier alpha value is -1.32. The molecular weight excluding hydrogens is 104 g/mol. The summed E-state index contributed by atoms with van der Waals surface area (Å²) in [7, 11) is 0. The number of rotatable bonds is 0. The molecule has 0 radical (unpaired) electrons. The van der Waals surface area contributed by atoms with Gasteiger partial charge in [0.2, 0.25) is 5.95 Å². The van der Waals surface area contributed by atoms with Gasteiger partial charge in [0.25, 0.3) is 0 Å². The Labute approximate surface area is 48.0 Å². The molecule has 1 heterocycles. The molecule has 0 fully saturated rings. The van der Waals surface area contributed by atoms with E-state index in [0.717, 1.165) is 0 Å². The average Bonchev–Trinajstić information content (AvgIpc) is 1.59. The highest BCUT2D eigenvalue weighted by Gasteiger charge is 1.84. The molecule has 1 rings (SSSR count). The van der Waals surface area contributed by atoms with Gasteiger partial charge in [-0.3, -0.25) is 0 Å². The molecule has 0 atom stereocenters. The number of hydrogen-bond acceptors (Lipinski definition) is 4. The Morgan fingerprint density at radius 1 is 1.62 bits per heavy atom. The predicted octanol–water partition coefficient (Wildman–Crippen LogP) is -0.359. The Balaban J connectivity index is 3.17. The highest BCUT2D eigenvalue weighted by Crippen LogP contribution is 1.94. The van der Waals surface area contributed by atoms with Gasteiger partial charge in [-0.25, -0.2) is 4.98 Å². The Bertz CT molecular complexity index is 173. The summed E-state index contributed by atoms with van der Waals surface area (Å²) in [6.45, 7) is 0. The number of nitrogen functional groups attached to an aromatic ring is 2. The van der Waals surface area contributed by atoms with E-state index in [2.05, 4.69) is 9.97 Å². The Kier molecular flexibility index (Phi) is 0.754. The minimum Gasteiger partial charge on any atom is -0.384 e. The maximum absolute atomic E-state index is 6.97.